The van der Waals surface area contributed by atoms with Gasteiger partial charge in [-0.1, -0.05) is 91.0 Å². The predicted octanol–water partition coefficient (Wildman–Crippen LogP) is 6.49. The van der Waals surface area contributed by atoms with Crippen LogP contribution in [0.2, 0.25) is 0 Å². The van der Waals surface area contributed by atoms with Gasteiger partial charge in [-0.2, -0.15) is 0 Å². The predicted molar refractivity (Wildman–Crippen MR) is 149 cm³/mol. The maximum Gasteiger partial charge on any atom is 0.171 e. The topological polar surface area (TPSA) is 35.5 Å². The van der Waals surface area contributed by atoms with Crippen molar-refractivity contribution in [2.45, 2.75) is 20.1 Å². The first kappa shape index (κ1) is 22.8. The molecule has 1 aliphatic heterocycles. The standard InChI is InChI=1S/C32H27O3P/c1-22-29-21-35-20-24(29)19-28(31-27-16-10-9-11-23(27)17-18-30(31)34-2)32(22)36(33,25-12-5-3-6-13-25)26-14-7-4-8-15-26/h3-19H,20-21H2,1-2H3. The molecule has 6 rings (SSSR count). The highest BCUT2D eigenvalue weighted by Gasteiger charge is 2.37. The Hall–Kier alpha value is -3.65. The van der Waals surface area contributed by atoms with Crippen LogP contribution in [0.3, 0.4) is 0 Å². The third-order valence-corrected chi connectivity index (χ3v) is 10.5. The van der Waals surface area contributed by atoms with Gasteiger partial charge in [0.2, 0.25) is 0 Å². The van der Waals surface area contributed by atoms with Crippen molar-refractivity contribution in [3.05, 3.63) is 120 Å². The SMILES string of the molecule is COc1ccc2ccccc2c1-c1cc2c(c(C)c1P(=O)(c1ccccc1)c1ccccc1)COC2. The average Bonchev–Trinajstić information content (AvgIpc) is 3.42. The molecule has 0 spiro atoms. The highest BCUT2D eigenvalue weighted by Crippen LogP contribution is 2.50. The molecule has 3 nitrogen and oxygen atoms in total. The Morgan fingerprint density at radius 1 is 0.778 bits per heavy atom. The van der Waals surface area contributed by atoms with Crippen LogP contribution in [-0.2, 0) is 22.5 Å². The molecule has 178 valence electrons. The van der Waals surface area contributed by atoms with Gasteiger partial charge < -0.3 is 14.0 Å². The summed E-state index contributed by atoms with van der Waals surface area (Å²) in [5.41, 5.74) is 5.23. The zero-order chi connectivity index (χ0) is 24.7. The number of fused-ring (bicyclic) bond motifs is 2. The molecule has 0 fully saturated rings. The third-order valence-electron chi connectivity index (χ3n) is 7.21. The minimum absolute atomic E-state index is 0.532. The van der Waals surface area contributed by atoms with Crippen molar-refractivity contribution in [1.82, 2.24) is 0 Å². The highest BCUT2D eigenvalue weighted by atomic mass is 31.2. The second-order valence-corrected chi connectivity index (χ2v) is 11.9. The molecule has 0 atom stereocenters. The summed E-state index contributed by atoms with van der Waals surface area (Å²) in [6.07, 6.45) is 0. The Kier molecular flexibility index (Phi) is 5.76. The van der Waals surface area contributed by atoms with Crippen LogP contribution >= 0.6 is 7.14 Å². The van der Waals surface area contributed by atoms with E-state index in [0.29, 0.717) is 13.2 Å². The molecule has 0 N–H and O–H groups in total. The summed E-state index contributed by atoms with van der Waals surface area (Å²) in [4.78, 5) is 0. The summed E-state index contributed by atoms with van der Waals surface area (Å²) in [7, 11) is -1.57. The fourth-order valence-corrected chi connectivity index (χ4v) is 8.61. The molecule has 0 saturated heterocycles. The molecular formula is C32H27O3P. The molecule has 1 heterocycles. The van der Waals surface area contributed by atoms with Gasteiger partial charge >= 0.3 is 0 Å². The average molecular weight is 491 g/mol. The van der Waals surface area contributed by atoms with Gasteiger partial charge in [-0.15, -0.1) is 0 Å². The Bertz CT molecular complexity index is 1580. The van der Waals surface area contributed by atoms with Crippen molar-refractivity contribution in [1.29, 1.82) is 0 Å². The number of hydrogen-bond acceptors (Lipinski definition) is 3. The van der Waals surface area contributed by atoms with Crippen molar-refractivity contribution < 1.29 is 14.0 Å². The van der Waals surface area contributed by atoms with Crippen molar-refractivity contribution in [3.63, 3.8) is 0 Å². The van der Waals surface area contributed by atoms with E-state index in [1.165, 1.54) is 0 Å². The number of rotatable bonds is 5. The molecule has 1 aliphatic rings. The van der Waals surface area contributed by atoms with Gasteiger partial charge in [0.05, 0.1) is 20.3 Å². The normalized spacial score (nSPS) is 13.1. The van der Waals surface area contributed by atoms with E-state index in [-0.39, 0.29) is 0 Å². The van der Waals surface area contributed by atoms with Crippen LogP contribution in [0.5, 0.6) is 5.75 Å². The second-order valence-electron chi connectivity index (χ2n) is 9.17. The quantitative estimate of drug-likeness (QED) is 0.264. The zero-order valence-electron chi connectivity index (χ0n) is 20.4. The van der Waals surface area contributed by atoms with E-state index in [1.54, 1.807) is 7.11 Å². The number of hydrogen-bond donors (Lipinski definition) is 0. The fourth-order valence-electron chi connectivity index (χ4n) is 5.49. The van der Waals surface area contributed by atoms with Crippen LogP contribution in [0.4, 0.5) is 0 Å². The Labute approximate surface area is 211 Å². The molecular weight excluding hydrogens is 463 g/mol. The van der Waals surface area contributed by atoms with Gasteiger partial charge in [-0.3, -0.25) is 0 Å². The fraction of sp³-hybridized carbons (Fsp3) is 0.125. The van der Waals surface area contributed by atoms with Crippen molar-refractivity contribution >= 4 is 33.8 Å². The first-order chi connectivity index (χ1) is 17.6. The summed E-state index contributed by atoms with van der Waals surface area (Å²) in [6, 6.07) is 34.3. The van der Waals surface area contributed by atoms with Crippen LogP contribution in [-0.4, -0.2) is 7.11 Å². The molecule has 0 saturated carbocycles. The van der Waals surface area contributed by atoms with Gasteiger partial charge in [0.1, 0.15) is 5.75 Å². The summed E-state index contributed by atoms with van der Waals surface area (Å²) in [6.45, 7) is 3.19. The van der Waals surface area contributed by atoms with Crippen LogP contribution in [0, 0.1) is 6.92 Å². The van der Waals surface area contributed by atoms with E-state index in [0.717, 1.165) is 60.3 Å². The maximum absolute atomic E-state index is 15.7. The molecule has 0 amide bonds. The van der Waals surface area contributed by atoms with Gasteiger partial charge in [0.25, 0.3) is 0 Å². The lowest BCUT2D eigenvalue weighted by Gasteiger charge is -2.27. The smallest absolute Gasteiger partial charge is 0.171 e. The molecule has 0 unspecified atom stereocenters. The first-order valence-corrected chi connectivity index (χ1v) is 13.8. The van der Waals surface area contributed by atoms with Crippen molar-refractivity contribution in [2.24, 2.45) is 0 Å². The monoisotopic (exact) mass is 490 g/mol. The van der Waals surface area contributed by atoms with Crippen molar-refractivity contribution in [2.75, 3.05) is 7.11 Å². The lowest BCUT2D eigenvalue weighted by molar-refractivity contribution is 0.134. The van der Waals surface area contributed by atoms with Gasteiger partial charge in [0.15, 0.2) is 7.14 Å². The van der Waals surface area contributed by atoms with Crippen LogP contribution in [0.25, 0.3) is 21.9 Å². The number of ether oxygens (including phenoxy) is 2. The van der Waals surface area contributed by atoms with Gasteiger partial charge in [-0.25, -0.2) is 0 Å². The summed E-state index contributed by atoms with van der Waals surface area (Å²) in [5.74, 6) is 0.765. The van der Waals surface area contributed by atoms with Gasteiger partial charge in [0, 0.05) is 21.5 Å². The van der Waals surface area contributed by atoms with E-state index in [1.807, 2.05) is 78.9 Å². The third kappa shape index (κ3) is 3.51. The summed E-state index contributed by atoms with van der Waals surface area (Å²) in [5, 5.41) is 4.68. The largest absolute Gasteiger partial charge is 0.496 e. The lowest BCUT2D eigenvalue weighted by Crippen LogP contribution is -2.29. The molecule has 5 aromatic rings. The number of methoxy groups -OCH3 is 1. The minimum Gasteiger partial charge on any atom is -0.496 e. The Balaban J connectivity index is 1.80. The summed E-state index contributed by atoms with van der Waals surface area (Å²) >= 11 is 0. The van der Waals surface area contributed by atoms with Crippen molar-refractivity contribution in [3.8, 4) is 16.9 Å². The second kappa shape index (κ2) is 9.09. The highest BCUT2D eigenvalue weighted by molar-refractivity contribution is 7.85. The van der Waals surface area contributed by atoms with Crippen LogP contribution in [0.1, 0.15) is 16.7 Å². The molecule has 36 heavy (non-hydrogen) atoms. The first-order valence-electron chi connectivity index (χ1n) is 12.1. The molecule has 0 aliphatic carbocycles. The van der Waals surface area contributed by atoms with Crippen LogP contribution in [0.15, 0.2) is 103 Å². The number of benzene rings is 5. The molecule has 0 aromatic heterocycles. The van der Waals surface area contributed by atoms with E-state index in [2.05, 4.69) is 31.2 Å². The van der Waals surface area contributed by atoms with E-state index in [9.17, 15) is 0 Å². The molecule has 4 heteroatoms. The molecule has 5 aromatic carbocycles. The molecule has 0 radical (unpaired) electrons. The summed E-state index contributed by atoms with van der Waals surface area (Å²) < 4.78 is 27.5. The van der Waals surface area contributed by atoms with Crippen LogP contribution < -0.4 is 20.7 Å². The van der Waals surface area contributed by atoms with E-state index in [4.69, 9.17) is 9.47 Å². The van der Waals surface area contributed by atoms with Gasteiger partial charge in [-0.05, 0) is 52.1 Å². The Morgan fingerprint density at radius 2 is 1.42 bits per heavy atom. The van der Waals surface area contributed by atoms with E-state index >= 15 is 4.57 Å². The zero-order valence-corrected chi connectivity index (χ0v) is 21.3. The van der Waals surface area contributed by atoms with E-state index < -0.39 is 7.14 Å². The Morgan fingerprint density at radius 3 is 2.08 bits per heavy atom. The lowest BCUT2D eigenvalue weighted by atomic mass is 9.92. The maximum atomic E-state index is 15.7. The molecule has 0 bridgehead atoms. The minimum atomic E-state index is -3.27.